The Bertz CT molecular complexity index is 1350. The molecule has 0 saturated carbocycles. The lowest BCUT2D eigenvalue weighted by molar-refractivity contribution is 0.594. The summed E-state index contributed by atoms with van der Waals surface area (Å²) in [6, 6.07) is 25.4. The standard InChI is InChI=1S/C24H16BrClO4S2/c25-19-5-13-23(14-6-19)31(27,28)21-9-1-17(2-10-21)18-3-11-22(12-4-18)32(29,30)24-15-7-20(26)8-16-24/h1-16H. The zero-order valence-electron chi connectivity index (χ0n) is 16.4. The van der Waals surface area contributed by atoms with E-state index in [0.29, 0.717) is 5.02 Å². The average Bonchev–Trinajstić information content (AvgIpc) is 2.80. The normalized spacial score (nSPS) is 11.9. The second-order valence-electron chi connectivity index (χ2n) is 6.96. The molecular formula is C24H16BrClO4S2. The number of rotatable bonds is 5. The number of benzene rings is 4. The fraction of sp³-hybridized carbons (Fsp3) is 0. The quantitative estimate of drug-likeness (QED) is 0.288. The summed E-state index contributed by atoms with van der Waals surface area (Å²) in [7, 11) is -7.28. The molecule has 0 unspecified atom stereocenters. The van der Waals surface area contributed by atoms with E-state index in [1.54, 1.807) is 60.7 Å². The molecule has 4 aromatic rings. The van der Waals surface area contributed by atoms with Crippen molar-refractivity contribution in [3.8, 4) is 11.1 Å². The second kappa shape index (κ2) is 8.83. The topological polar surface area (TPSA) is 68.3 Å². The molecular weight excluding hydrogens is 532 g/mol. The van der Waals surface area contributed by atoms with E-state index in [-0.39, 0.29) is 19.6 Å². The predicted octanol–water partition coefficient (Wildman–Crippen LogP) is 6.44. The molecule has 0 atom stereocenters. The summed E-state index contributed by atoms with van der Waals surface area (Å²) >= 11 is 9.14. The van der Waals surface area contributed by atoms with Crippen LogP contribution in [0.2, 0.25) is 5.02 Å². The van der Waals surface area contributed by atoms with Crippen LogP contribution in [0.15, 0.2) is 121 Å². The highest BCUT2D eigenvalue weighted by molar-refractivity contribution is 9.10. The Morgan fingerprint density at radius 3 is 1.09 bits per heavy atom. The summed E-state index contributed by atoms with van der Waals surface area (Å²) in [5.74, 6) is 0. The summed E-state index contributed by atoms with van der Waals surface area (Å²) in [4.78, 5) is 0.728. The molecule has 0 aliphatic carbocycles. The van der Waals surface area contributed by atoms with Crippen molar-refractivity contribution in [2.24, 2.45) is 0 Å². The van der Waals surface area contributed by atoms with Crippen LogP contribution in [0.3, 0.4) is 0 Å². The van der Waals surface area contributed by atoms with Gasteiger partial charge in [0.15, 0.2) is 0 Å². The van der Waals surface area contributed by atoms with E-state index in [1.807, 2.05) is 0 Å². The summed E-state index contributed by atoms with van der Waals surface area (Å²) in [6.07, 6.45) is 0. The molecule has 4 nitrogen and oxygen atoms in total. The minimum atomic E-state index is -3.66. The van der Waals surface area contributed by atoms with E-state index in [0.717, 1.165) is 15.6 Å². The van der Waals surface area contributed by atoms with Crippen LogP contribution in [0.25, 0.3) is 11.1 Å². The molecule has 0 bridgehead atoms. The van der Waals surface area contributed by atoms with Gasteiger partial charge in [-0.1, -0.05) is 51.8 Å². The van der Waals surface area contributed by atoms with Gasteiger partial charge >= 0.3 is 0 Å². The smallest absolute Gasteiger partial charge is 0.206 e. The maximum absolute atomic E-state index is 12.8. The third-order valence-corrected chi connectivity index (χ3v) is 9.26. The Kier molecular flexibility index (Phi) is 6.27. The highest BCUT2D eigenvalue weighted by Crippen LogP contribution is 2.28. The predicted molar refractivity (Wildman–Crippen MR) is 128 cm³/mol. The Labute approximate surface area is 200 Å². The number of sulfone groups is 2. The van der Waals surface area contributed by atoms with Gasteiger partial charge in [0.25, 0.3) is 0 Å². The van der Waals surface area contributed by atoms with Crippen LogP contribution in [0.1, 0.15) is 0 Å². The van der Waals surface area contributed by atoms with Crippen molar-refractivity contribution in [2.45, 2.75) is 19.6 Å². The monoisotopic (exact) mass is 546 g/mol. The Morgan fingerprint density at radius 2 is 0.750 bits per heavy atom. The third kappa shape index (κ3) is 4.52. The van der Waals surface area contributed by atoms with Crippen LogP contribution in [-0.4, -0.2) is 16.8 Å². The van der Waals surface area contributed by atoms with Gasteiger partial charge in [0, 0.05) is 9.50 Å². The molecule has 8 heteroatoms. The molecule has 0 heterocycles. The van der Waals surface area contributed by atoms with E-state index in [9.17, 15) is 16.8 Å². The molecule has 0 saturated heterocycles. The zero-order valence-corrected chi connectivity index (χ0v) is 20.4. The first-order chi connectivity index (χ1) is 15.2. The van der Waals surface area contributed by atoms with Crippen LogP contribution in [-0.2, 0) is 19.7 Å². The molecule has 0 aliphatic rings. The first kappa shape index (κ1) is 22.7. The van der Waals surface area contributed by atoms with E-state index >= 15 is 0 Å². The molecule has 0 fully saturated rings. The molecule has 0 aromatic heterocycles. The molecule has 0 spiro atoms. The summed E-state index contributed by atoms with van der Waals surface area (Å²) in [5.41, 5.74) is 1.54. The molecule has 0 radical (unpaired) electrons. The molecule has 32 heavy (non-hydrogen) atoms. The van der Waals surface area contributed by atoms with Crippen LogP contribution in [0.4, 0.5) is 0 Å². The minimum absolute atomic E-state index is 0.164. The average molecular weight is 548 g/mol. The third-order valence-electron chi connectivity index (χ3n) is 4.91. The lowest BCUT2D eigenvalue weighted by Gasteiger charge is -2.08. The van der Waals surface area contributed by atoms with Crippen LogP contribution in [0, 0.1) is 0 Å². The molecule has 0 N–H and O–H groups in total. The summed E-state index contributed by atoms with van der Waals surface area (Å²) < 4.78 is 52.0. The van der Waals surface area contributed by atoms with Crippen molar-refractivity contribution in [3.05, 3.63) is 107 Å². The second-order valence-corrected chi connectivity index (χ2v) is 12.2. The van der Waals surface area contributed by atoms with Gasteiger partial charge in [-0.3, -0.25) is 0 Å². The van der Waals surface area contributed by atoms with Crippen LogP contribution >= 0.6 is 27.5 Å². The highest BCUT2D eigenvalue weighted by Gasteiger charge is 2.19. The van der Waals surface area contributed by atoms with E-state index in [4.69, 9.17) is 11.6 Å². The van der Waals surface area contributed by atoms with Gasteiger partial charge in [0.2, 0.25) is 19.7 Å². The van der Waals surface area contributed by atoms with Crippen molar-refractivity contribution in [2.75, 3.05) is 0 Å². The molecule has 4 aromatic carbocycles. The van der Waals surface area contributed by atoms with Crippen molar-refractivity contribution < 1.29 is 16.8 Å². The van der Waals surface area contributed by atoms with Crippen LogP contribution in [0.5, 0.6) is 0 Å². The lowest BCUT2D eigenvalue weighted by Crippen LogP contribution is -2.02. The number of halogens is 2. The summed E-state index contributed by atoms with van der Waals surface area (Å²) in [5, 5.41) is 0.463. The Balaban J connectivity index is 1.60. The fourth-order valence-corrected chi connectivity index (χ4v) is 6.06. The van der Waals surface area contributed by atoms with E-state index in [1.165, 1.54) is 36.4 Å². The first-order valence-electron chi connectivity index (χ1n) is 9.40. The lowest BCUT2D eigenvalue weighted by atomic mass is 10.1. The van der Waals surface area contributed by atoms with Gasteiger partial charge in [0.05, 0.1) is 19.6 Å². The van der Waals surface area contributed by atoms with Gasteiger partial charge in [-0.25, -0.2) is 16.8 Å². The SMILES string of the molecule is O=S(=O)(c1ccc(Cl)cc1)c1ccc(-c2ccc(S(=O)(=O)c3ccc(Br)cc3)cc2)cc1. The van der Waals surface area contributed by atoms with Crippen molar-refractivity contribution in [1.29, 1.82) is 0 Å². The molecule has 0 aliphatic heterocycles. The number of hydrogen-bond acceptors (Lipinski definition) is 4. The Hall–Kier alpha value is -2.45. The van der Waals surface area contributed by atoms with Crippen molar-refractivity contribution >= 4 is 47.2 Å². The maximum Gasteiger partial charge on any atom is 0.206 e. The summed E-state index contributed by atoms with van der Waals surface area (Å²) in [6.45, 7) is 0. The maximum atomic E-state index is 12.8. The number of hydrogen-bond donors (Lipinski definition) is 0. The first-order valence-corrected chi connectivity index (χ1v) is 13.5. The minimum Gasteiger partial charge on any atom is -0.219 e. The van der Waals surface area contributed by atoms with Gasteiger partial charge in [-0.05, 0) is 83.9 Å². The van der Waals surface area contributed by atoms with E-state index in [2.05, 4.69) is 15.9 Å². The zero-order chi connectivity index (χ0) is 22.9. The Morgan fingerprint density at radius 1 is 0.469 bits per heavy atom. The molecule has 162 valence electrons. The largest absolute Gasteiger partial charge is 0.219 e. The van der Waals surface area contributed by atoms with Crippen LogP contribution < -0.4 is 0 Å². The van der Waals surface area contributed by atoms with Gasteiger partial charge in [0.1, 0.15) is 0 Å². The fourth-order valence-electron chi connectivity index (χ4n) is 3.15. The van der Waals surface area contributed by atoms with Crippen molar-refractivity contribution in [1.82, 2.24) is 0 Å². The van der Waals surface area contributed by atoms with Gasteiger partial charge in [-0.15, -0.1) is 0 Å². The molecule has 0 amide bonds. The van der Waals surface area contributed by atoms with Gasteiger partial charge < -0.3 is 0 Å². The van der Waals surface area contributed by atoms with Crippen molar-refractivity contribution in [3.63, 3.8) is 0 Å². The van der Waals surface area contributed by atoms with E-state index < -0.39 is 19.7 Å². The molecule has 4 rings (SSSR count). The highest BCUT2D eigenvalue weighted by atomic mass is 79.9. The van der Waals surface area contributed by atoms with Gasteiger partial charge in [-0.2, -0.15) is 0 Å².